The van der Waals surface area contributed by atoms with Gasteiger partial charge in [-0.3, -0.25) is 14.1 Å². The Hall–Kier alpha value is -1.76. The molecule has 1 saturated heterocycles. The number of rotatable bonds is 4. The molecule has 2 fully saturated rings. The first-order chi connectivity index (χ1) is 12.1. The van der Waals surface area contributed by atoms with Crippen LogP contribution in [0.1, 0.15) is 31.4 Å². The lowest BCUT2D eigenvalue weighted by Gasteiger charge is -2.43. The molecule has 25 heavy (non-hydrogen) atoms. The minimum atomic E-state index is -0.0824. The van der Waals surface area contributed by atoms with E-state index in [1.54, 1.807) is 23.8 Å². The van der Waals surface area contributed by atoms with Crippen molar-refractivity contribution in [3.63, 3.8) is 0 Å². The van der Waals surface area contributed by atoms with Gasteiger partial charge in [0.05, 0.1) is 17.4 Å². The van der Waals surface area contributed by atoms with Gasteiger partial charge in [0.2, 0.25) is 0 Å². The molecule has 1 saturated carbocycles. The van der Waals surface area contributed by atoms with Gasteiger partial charge in [0.1, 0.15) is 5.65 Å². The largest absolute Gasteiger partial charge is 0.381 e. The quantitative estimate of drug-likeness (QED) is 0.848. The summed E-state index contributed by atoms with van der Waals surface area (Å²) in [5.41, 5.74) is 1.40. The monoisotopic (exact) mass is 343 g/mol. The van der Waals surface area contributed by atoms with Gasteiger partial charge in [0, 0.05) is 45.6 Å². The van der Waals surface area contributed by atoms with E-state index >= 15 is 0 Å². The number of pyridine rings is 1. The first-order valence-electron chi connectivity index (χ1n) is 8.94. The molecule has 0 bridgehead atoms. The van der Waals surface area contributed by atoms with Crippen LogP contribution in [0.25, 0.3) is 5.65 Å². The molecule has 0 aromatic carbocycles. The number of ether oxygens (including phenoxy) is 2. The molecule has 0 spiro atoms. The molecule has 3 heterocycles. The molecule has 134 valence electrons. The zero-order chi connectivity index (χ0) is 17.4. The van der Waals surface area contributed by atoms with Crippen LogP contribution in [0.2, 0.25) is 0 Å². The number of aromatic nitrogens is 2. The molecule has 3 atom stereocenters. The summed E-state index contributed by atoms with van der Waals surface area (Å²) < 4.78 is 13.2. The van der Waals surface area contributed by atoms with Gasteiger partial charge in [-0.1, -0.05) is 6.07 Å². The van der Waals surface area contributed by atoms with Gasteiger partial charge in [0.15, 0.2) is 0 Å². The van der Waals surface area contributed by atoms with Crippen molar-refractivity contribution >= 4 is 5.65 Å². The van der Waals surface area contributed by atoms with Crippen LogP contribution in [0.5, 0.6) is 0 Å². The first-order valence-corrected chi connectivity index (χ1v) is 8.94. The lowest BCUT2D eigenvalue weighted by Crippen LogP contribution is -2.51. The highest BCUT2D eigenvalue weighted by atomic mass is 16.5. The lowest BCUT2D eigenvalue weighted by atomic mass is 9.79. The number of hydrogen-bond acceptors (Lipinski definition) is 5. The molecule has 2 aliphatic rings. The number of methoxy groups -OCH3 is 2. The van der Waals surface area contributed by atoms with Crippen LogP contribution in [-0.4, -0.2) is 52.8 Å². The Morgan fingerprint density at radius 2 is 2.20 bits per heavy atom. The van der Waals surface area contributed by atoms with E-state index in [1.165, 1.54) is 0 Å². The Morgan fingerprint density at radius 1 is 1.32 bits per heavy atom. The van der Waals surface area contributed by atoms with Gasteiger partial charge in [-0.25, -0.2) is 4.98 Å². The molecule has 2 aromatic rings. The third kappa shape index (κ3) is 2.88. The Balaban J connectivity index is 1.61. The van der Waals surface area contributed by atoms with E-state index in [2.05, 4.69) is 9.88 Å². The van der Waals surface area contributed by atoms with Gasteiger partial charge < -0.3 is 9.47 Å². The minimum absolute atomic E-state index is 0.0313. The molecule has 0 unspecified atom stereocenters. The van der Waals surface area contributed by atoms with E-state index in [0.29, 0.717) is 18.2 Å². The average molecular weight is 343 g/mol. The van der Waals surface area contributed by atoms with Gasteiger partial charge in [-0.05, 0) is 37.8 Å². The molecular formula is C19H25N3O3. The summed E-state index contributed by atoms with van der Waals surface area (Å²) in [4.78, 5) is 19.4. The van der Waals surface area contributed by atoms with Crippen molar-refractivity contribution in [3.8, 4) is 0 Å². The van der Waals surface area contributed by atoms with Crippen molar-refractivity contribution in [1.29, 1.82) is 0 Å². The molecule has 0 amide bonds. The summed E-state index contributed by atoms with van der Waals surface area (Å²) in [5.74, 6) is 0. The summed E-state index contributed by atoms with van der Waals surface area (Å²) >= 11 is 0. The maximum Gasteiger partial charge on any atom is 0.258 e. The van der Waals surface area contributed by atoms with Gasteiger partial charge >= 0.3 is 0 Å². The molecule has 1 aliphatic heterocycles. The highest BCUT2D eigenvalue weighted by Gasteiger charge is 2.51. The summed E-state index contributed by atoms with van der Waals surface area (Å²) in [7, 11) is 3.61. The smallest absolute Gasteiger partial charge is 0.258 e. The van der Waals surface area contributed by atoms with E-state index < -0.39 is 0 Å². The second-order valence-corrected chi connectivity index (χ2v) is 7.15. The second kappa shape index (κ2) is 6.52. The van der Waals surface area contributed by atoms with Gasteiger partial charge in [0.25, 0.3) is 5.56 Å². The molecule has 4 rings (SSSR count). The van der Waals surface area contributed by atoms with Crippen molar-refractivity contribution in [1.82, 2.24) is 14.3 Å². The summed E-state index contributed by atoms with van der Waals surface area (Å²) in [6.45, 7) is 1.64. The predicted octanol–water partition coefficient (Wildman–Crippen LogP) is 1.85. The third-order valence-electron chi connectivity index (χ3n) is 5.97. The van der Waals surface area contributed by atoms with Crippen molar-refractivity contribution in [2.75, 3.05) is 20.8 Å². The summed E-state index contributed by atoms with van der Waals surface area (Å²) in [5, 5.41) is 0. The van der Waals surface area contributed by atoms with E-state index in [1.807, 2.05) is 25.3 Å². The van der Waals surface area contributed by atoms with Crippen LogP contribution in [-0.2, 0) is 16.0 Å². The Labute approximate surface area is 147 Å². The van der Waals surface area contributed by atoms with Crippen LogP contribution in [0.4, 0.5) is 0 Å². The van der Waals surface area contributed by atoms with Gasteiger partial charge in [-0.15, -0.1) is 0 Å². The second-order valence-electron chi connectivity index (χ2n) is 7.15. The maximum absolute atomic E-state index is 12.3. The fraction of sp³-hybridized carbons (Fsp3) is 0.579. The highest BCUT2D eigenvalue weighted by Crippen LogP contribution is 2.43. The van der Waals surface area contributed by atoms with Crippen molar-refractivity contribution in [2.45, 2.75) is 50.0 Å². The fourth-order valence-electron chi connectivity index (χ4n) is 4.55. The van der Waals surface area contributed by atoms with E-state index in [0.717, 1.165) is 37.9 Å². The minimum Gasteiger partial charge on any atom is -0.381 e. The zero-order valence-corrected chi connectivity index (χ0v) is 14.9. The SMILES string of the molecule is CO[C@@H]1CC[C@]2(OC)CCN(Cc3cc(=O)n4ccccc4n3)[C@@H]2C1. The molecule has 6 nitrogen and oxygen atoms in total. The van der Waals surface area contributed by atoms with Crippen LogP contribution in [0.3, 0.4) is 0 Å². The van der Waals surface area contributed by atoms with E-state index in [-0.39, 0.29) is 17.3 Å². The van der Waals surface area contributed by atoms with Crippen molar-refractivity contribution in [3.05, 3.63) is 46.5 Å². The summed E-state index contributed by atoms with van der Waals surface area (Å²) in [6, 6.07) is 7.58. The van der Waals surface area contributed by atoms with Crippen molar-refractivity contribution in [2.24, 2.45) is 0 Å². The maximum atomic E-state index is 12.3. The normalized spacial score (nSPS) is 29.8. The lowest BCUT2D eigenvalue weighted by molar-refractivity contribution is -0.0948. The Bertz CT molecular complexity index is 821. The molecule has 2 aromatic heterocycles. The van der Waals surface area contributed by atoms with Crippen LogP contribution < -0.4 is 5.56 Å². The standard InChI is InChI=1S/C19H25N3O3/c1-24-15-6-7-19(25-2)8-10-21(16(19)12-15)13-14-11-18(23)22-9-4-3-5-17(22)20-14/h3-5,9,11,15-16H,6-8,10,12-13H2,1-2H3/t15-,16-,19+/m1/s1. The summed E-state index contributed by atoms with van der Waals surface area (Å²) in [6.07, 6.45) is 6.10. The zero-order valence-electron chi connectivity index (χ0n) is 14.9. The number of hydrogen-bond donors (Lipinski definition) is 0. The van der Waals surface area contributed by atoms with E-state index in [4.69, 9.17) is 9.47 Å². The predicted molar refractivity (Wildman–Crippen MR) is 94.7 cm³/mol. The average Bonchev–Trinajstić information content (AvgIpc) is 3.00. The van der Waals surface area contributed by atoms with Crippen LogP contribution >= 0.6 is 0 Å². The Kier molecular flexibility index (Phi) is 4.35. The van der Waals surface area contributed by atoms with Crippen LogP contribution in [0.15, 0.2) is 35.3 Å². The molecule has 0 N–H and O–H groups in total. The van der Waals surface area contributed by atoms with E-state index in [9.17, 15) is 4.79 Å². The molecule has 1 aliphatic carbocycles. The molecular weight excluding hydrogens is 318 g/mol. The number of likely N-dealkylation sites (tertiary alicyclic amines) is 1. The first kappa shape index (κ1) is 16.7. The Morgan fingerprint density at radius 3 is 3.00 bits per heavy atom. The fourth-order valence-corrected chi connectivity index (χ4v) is 4.55. The van der Waals surface area contributed by atoms with Gasteiger partial charge in [-0.2, -0.15) is 0 Å². The molecule has 6 heteroatoms. The topological polar surface area (TPSA) is 56.1 Å². The highest BCUT2D eigenvalue weighted by molar-refractivity contribution is 5.38. The van der Waals surface area contributed by atoms with Crippen LogP contribution in [0, 0.1) is 0 Å². The number of nitrogens with zero attached hydrogens (tertiary/aromatic N) is 3. The number of fused-ring (bicyclic) bond motifs is 2. The van der Waals surface area contributed by atoms with Crippen molar-refractivity contribution < 1.29 is 9.47 Å². The molecule has 0 radical (unpaired) electrons. The third-order valence-corrected chi connectivity index (χ3v) is 5.97.